The van der Waals surface area contributed by atoms with E-state index in [4.69, 9.17) is 4.74 Å². The van der Waals surface area contributed by atoms with Crippen LogP contribution in [0.2, 0.25) is 0 Å². The van der Waals surface area contributed by atoms with Gasteiger partial charge in [-0.25, -0.2) is 9.18 Å². The molecule has 0 aliphatic heterocycles. The monoisotopic (exact) mass is 376 g/mol. The van der Waals surface area contributed by atoms with E-state index >= 15 is 0 Å². The first-order chi connectivity index (χ1) is 13.6. The minimum Gasteiger partial charge on any atom is -0.455 e. The van der Waals surface area contributed by atoms with Gasteiger partial charge in [-0.1, -0.05) is 42.5 Å². The second-order valence-electron chi connectivity index (χ2n) is 7.01. The van der Waals surface area contributed by atoms with Gasteiger partial charge in [0.2, 0.25) is 0 Å². The molecule has 1 aliphatic rings. The predicted molar refractivity (Wildman–Crippen MR) is 107 cm³/mol. The third-order valence-corrected chi connectivity index (χ3v) is 5.00. The van der Waals surface area contributed by atoms with Gasteiger partial charge in [0.1, 0.15) is 11.6 Å². The molecule has 2 amide bonds. The molecule has 1 saturated carbocycles. The Morgan fingerprint density at radius 3 is 2.32 bits per heavy atom. The molecular weight excluding hydrogens is 355 g/mol. The maximum Gasteiger partial charge on any atom is 0.319 e. The van der Waals surface area contributed by atoms with Crippen LogP contribution in [0.15, 0.2) is 78.9 Å². The average Bonchev–Trinajstić information content (AvgIpc) is 3.50. The van der Waals surface area contributed by atoms with E-state index in [0.717, 1.165) is 18.4 Å². The fraction of sp³-hybridized carbons (Fsp3) is 0.174. The van der Waals surface area contributed by atoms with Gasteiger partial charge in [0.25, 0.3) is 0 Å². The first-order valence-electron chi connectivity index (χ1n) is 9.27. The summed E-state index contributed by atoms with van der Waals surface area (Å²) in [6.07, 6.45) is 1.96. The van der Waals surface area contributed by atoms with Gasteiger partial charge in [-0.3, -0.25) is 0 Å². The Morgan fingerprint density at radius 1 is 0.929 bits per heavy atom. The summed E-state index contributed by atoms with van der Waals surface area (Å²) in [7, 11) is 0. The van der Waals surface area contributed by atoms with E-state index in [-0.39, 0.29) is 17.3 Å². The normalized spacial score (nSPS) is 14.2. The molecule has 3 aromatic carbocycles. The van der Waals surface area contributed by atoms with Crippen LogP contribution < -0.4 is 15.4 Å². The van der Waals surface area contributed by atoms with E-state index in [1.54, 1.807) is 18.2 Å². The SMILES string of the molecule is O=C(NCC1(c2ccc(F)cc2)CC1)Nc1ccccc1Oc1ccccc1. The molecule has 28 heavy (non-hydrogen) atoms. The predicted octanol–water partition coefficient (Wildman–Crippen LogP) is 5.47. The minimum atomic E-state index is -0.294. The highest BCUT2D eigenvalue weighted by atomic mass is 19.1. The second kappa shape index (κ2) is 7.72. The molecule has 0 spiro atoms. The van der Waals surface area contributed by atoms with Crippen LogP contribution in [0.5, 0.6) is 11.5 Å². The number of hydrogen-bond donors (Lipinski definition) is 2. The summed E-state index contributed by atoms with van der Waals surface area (Å²) in [6, 6.07) is 22.9. The summed E-state index contributed by atoms with van der Waals surface area (Å²) in [5, 5.41) is 5.80. The molecule has 0 radical (unpaired) electrons. The molecule has 5 heteroatoms. The van der Waals surface area contributed by atoms with Crippen molar-refractivity contribution in [1.82, 2.24) is 5.32 Å². The fourth-order valence-electron chi connectivity index (χ4n) is 3.21. The van der Waals surface area contributed by atoms with E-state index in [9.17, 15) is 9.18 Å². The molecule has 0 saturated heterocycles. The summed E-state index contributed by atoms with van der Waals surface area (Å²) < 4.78 is 19.0. The Balaban J connectivity index is 1.39. The highest BCUT2D eigenvalue weighted by Crippen LogP contribution is 2.47. The lowest BCUT2D eigenvalue weighted by molar-refractivity contribution is 0.251. The third kappa shape index (κ3) is 4.14. The Hall–Kier alpha value is -3.34. The molecule has 1 aliphatic carbocycles. The lowest BCUT2D eigenvalue weighted by Crippen LogP contribution is -2.35. The Kier molecular flexibility index (Phi) is 4.98. The maximum atomic E-state index is 13.2. The standard InChI is InChI=1S/C23H21FN2O2/c24-18-12-10-17(11-13-18)23(14-15-23)16-25-22(27)26-20-8-4-5-9-21(20)28-19-6-2-1-3-7-19/h1-13H,14-16H2,(H2,25,26,27). The number of nitrogens with one attached hydrogen (secondary N) is 2. The van der Waals surface area contributed by atoms with Crippen molar-refractivity contribution in [1.29, 1.82) is 0 Å². The number of urea groups is 1. The second-order valence-corrected chi connectivity index (χ2v) is 7.01. The van der Waals surface area contributed by atoms with Crippen molar-refractivity contribution in [2.24, 2.45) is 0 Å². The number of hydrogen-bond acceptors (Lipinski definition) is 2. The molecule has 1 fully saturated rings. The molecule has 2 N–H and O–H groups in total. The molecule has 0 aromatic heterocycles. The van der Waals surface area contributed by atoms with Gasteiger partial charge in [-0.15, -0.1) is 0 Å². The van der Waals surface area contributed by atoms with Crippen molar-refractivity contribution in [2.75, 3.05) is 11.9 Å². The number of rotatable bonds is 6. The van der Waals surface area contributed by atoms with Gasteiger partial charge in [-0.05, 0) is 54.8 Å². The quantitative estimate of drug-likeness (QED) is 0.599. The van der Waals surface area contributed by atoms with Crippen LogP contribution in [0.3, 0.4) is 0 Å². The smallest absolute Gasteiger partial charge is 0.319 e. The Bertz CT molecular complexity index is 954. The van der Waals surface area contributed by atoms with Crippen LogP contribution in [0.4, 0.5) is 14.9 Å². The molecule has 0 atom stereocenters. The van der Waals surface area contributed by atoms with Crippen LogP contribution in [-0.2, 0) is 5.41 Å². The molecule has 0 heterocycles. The van der Waals surface area contributed by atoms with Crippen molar-refractivity contribution in [2.45, 2.75) is 18.3 Å². The van der Waals surface area contributed by atoms with E-state index in [1.165, 1.54) is 12.1 Å². The zero-order valence-corrected chi connectivity index (χ0v) is 15.3. The largest absolute Gasteiger partial charge is 0.455 e. The molecule has 0 bridgehead atoms. The first kappa shape index (κ1) is 18.0. The number of carbonyl (C=O) groups excluding carboxylic acids is 1. The summed E-state index contributed by atoms with van der Waals surface area (Å²) in [6.45, 7) is 0.506. The highest BCUT2D eigenvalue weighted by molar-refractivity contribution is 5.91. The van der Waals surface area contributed by atoms with Gasteiger partial charge in [0.05, 0.1) is 5.69 Å². The highest BCUT2D eigenvalue weighted by Gasteiger charge is 2.44. The number of halogens is 1. The van der Waals surface area contributed by atoms with Crippen LogP contribution in [0, 0.1) is 5.82 Å². The van der Waals surface area contributed by atoms with Crippen LogP contribution in [0.25, 0.3) is 0 Å². The lowest BCUT2D eigenvalue weighted by atomic mass is 9.96. The van der Waals surface area contributed by atoms with E-state index in [1.807, 2.05) is 48.5 Å². The van der Waals surface area contributed by atoms with E-state index < -0.39 is 0 Å². The molecule has 4 rings (SSSR count). The van der Waals surface area contributed by atoms with E-state index in [2.05, 4.69) is 10.6 Å². The van der Waals surface area contributed by atoms with Gasteiger partial charge in [0, 0.05) is 12.0 Å². The number of carbonyl (C=O) groups is 1. The summed E-state index contributed by atoms with van der Waals surface area (Å²) in [4.78, 5) is 12.4. The van der Waals surface area contributed by atoms with Gasteiger partial charge >= 0.3 is 6.03 Å². The summed E-state index contributed by atoms with van der Waals surface area (Å²) in [5.41, 5.74) is 1.56. The number of ether oxygens (including phenoxy) is 1. The summed E-state index contributed by atoms with van der Waals surface area (Å²) >= 11 is 0. The minimum absolute atomic E-state index is 0.0922. The molecular formula is C23H21FN2O2. The van der Waals surface area contributed by atoms with E-state index in [0.29, 0.717) is 23.7 Å². The van der Waals surface area contributed by atoms with Crippen molar-refractivity contribution in [3.05, 3.63) is 90.2 Å². The molecule has 0 unspecified atom stereocenters. The van der Waals surface area contributed by atoms with Crippen molar-refractivity contribution < 1.29 is 13.9 Å². The fourth-order valence-corrected chi connectivity index (χ4v) is 3.21. The van der Waals surface area contributed by atoms with Crippen molar-refractivity contribution in [3.63, 3.8) is 0 Å². The van der Waals surface area contributed by atoms with Crippen LogP contribution in [0.1, 0.15) is 18.4 Å². The zero-order valence-electron chi connectivity index (χ0n) is 15.3. The number of para-hydroxylation sites is 3. The summed E-state index contributed by atoms with van der Waals surface area (Å²) in [5.74, 6) is 1.02. The molecule has 142 valence electrons. The van der Waals surface area contributed by atoms with Crippen LogP contribution >= 0.6 is 0 Å². The first-order valence-corrected chi connectivity index (χ1v) is 9.27. The Morgan fingerprint density at radius 2 is 1.61 bits per heavy atom. The number of anilines is 1. The maximum absolute atomic E-state index is 13.2. The van der Waals surface area contributed by atoms with Gasteiger partial charge in [0.15, 0.2) is 5.75 Å². The van der Waals surface area contributed by atoms with Crippen LogP contribution in [-0.4, -0.2) is 12.6 Å². The van der Waals surface area contributed by atoms with Crippen molar-refractivity contribution in [3.8, 4) is 11.5 Å². The molecule has 4 nitrogen and oxygen atoms in total. The third-order valence-electron chi connectivity index (χ3n) is 5.00. The van der Waals surface area contributed by atoms with Gasteiger partial charge < -0.3 is 15.4 Å². The average molecular weight is 376 g/mol. The van der Waals surface area contributed by atoms with Crippen molar-refractivity contribution >= 4 is 11.7 Å². The molecule has 3 aromatic rings. The zero-order chi connectivity index (χ0) is 19.4. The lowest BCUT2D eigenvalue weighted by Gasteiger charge is -2.18. The number of amides is 2. The Labute approximate surface area is 163 Å². The van der Waals surface area contributed by atoms with Gasteiger partial charge in [-0.2, -0.15) is 0 Å². The topological polar surface area (TPSA) is 50.4 Å². The number of benzene rings is 3.